The number of carbonyl (C=O) groups is 1. The molecule has 172 valence electrons. The highest BCUT2D eigenvalue weighted by molar-refractivity contribution is 7.92. The third kappa shape index (κ3) is 7.97. The smallest absolute Gasteiger partial charge is 0.309 e. The van der Waals surface area contributed by atoms with E-state index in [-0.39, 0.29) is 17.5 Å². The standard InChI is InChI=1S/C21H31N3O6S/c1-3-5-7-12-18(25)19(26)16(13-15-10-8-6-9-11-15)22-20(27)17-14-30-21(23-17)24-31(28,29)4-2/h6,8-11,14,16,18-19,25-26H,3-5,7,12-13H2,1-2H3,(H,22,27)(H,23,24). The van der Waals surface area contributed by atoms with Crippen molar-refractivity contribution in [3.8, 4) is 0 Å². The molecule has 0 aliphatic carbocycles. The van der Waals surface area contributed by atoms with Gasteiger partial charge in [0.1, 0.15) is 12.4 Å². The first-order valence-corrected chi connectivity index (χ1v) is 12.1. The maximum atomic E-state index is 12.7. The second kappa shape index (κ2) is 11.8. The summed E-state index contributed by atoms with van der Waals surface area (Å²) in [6.45, 7) is 3.51. The Morgan fingerprint density at radius 3 is 2.52 bits per heavy atom. The van der Waals surface area contributed by atoms with Crippen LogP contribution in [0.1, 0.15) is 55.6 Å². The van der Waals surface area contributed by atoms with Crippen molar-refractivity contribution >= 4 is 21.9 Å². The van der Waals surface area contributed by atoms with Gasteiger partial charge in [0.05, 0.1) is 17.9 Å². The van der Waals surface area contributed by atoms with Gasteiger partial charge in [-0.25, -0.2) is 13.1 Å². The molecule has 1 aromatic heterocycles. The number of hydrogen-bond donors (Lipinski definition) is 4. The summed E-state index contributed by atoms with van der Waals surface area (Å²) in [5.41, 5.74) is 0.740. The lowest BCUT2D eigenvalue weighted by atomic mass is 9.95. The number of nitrogens with zero attached hydrogens (tertiary/aromatic N) is 1. The van der Waals surface area contributed by atoms with Gasteiger partial charge in [-0.3, -0.25) is 4.79 Å². The normalized spacial score (nSPS) is 14.6. The number of sulfonamides is 1. The van der Waals surface area contributed by atoms with Gasteiger partial charge in [-0.05, 0) is 25.3 Å². The summed E-state index contributed by atoms with van der Waals surface area (Å²) >= 11 is 0. The van der Waals surface area contributed by atoms with Crippen molar-refractivity contribution in [2.45, 2.75) is 64.2 Å². The topological polar surface area (TPSA) is 142 Å². The van der Waals surface area contributed by atoms with E-state index in [9.17, 15) is 23.4 Å². The van der Waals surface area contributed by atoms with Gasteiger partial charge in [-0.2, -0.15) is 4.98 Å². The number of rotatable bonds is 13. The molecule has 0 saturated carbocycles. The number of unbranched alkanes of at least 4 members (excludes halogenated alkanes) is 2. The molecule has 0 saturated heterocycles. The molecule has 9 nitrogen and oxygen atoms in total. The molecule has 0 bridgehead atoms. The molecule has 3 atom stereocenters. The summed E-state index contributed by atoms with van der Waals surface area (Å²) in [5, 5.41) is 23.8. The van der Waals surface area contributed by atoms with Crippen LogP contribution in [-0.2, 0) is 16.4 Å². The van der Waals surface area contributed by atoms with Crippen molar-refractivity contribution in [3.63, 3.8) is 0 Å². The number of nitrogens with one attached hydrogen (secondary N) is 2. The predicted octanol–water partition coefficient (Wildman–Crippen LogP) is 2.08. The monoisotopic (exact) mass is 453 g/mol. The fraction of sp³-hybridized carbons (Fsp3) is 0.524. The van der Waals surface area contributed by atoms with Crippen LogP contribution >= 0.6 is 0 Å². The maximum Gasteiger partial charge on any atom is 0.309 e. The Morgan fingerprint density at radius 2 is 1.87 bits per heavy atom. The summed E-state index contributed by atoms with van der Waals surface area (Å²) in [6.07, 6.45) is 2.26. The van der Waals surface area contributed by atoms with Crippen molar-refractivity contribution in [1.82, 2.24) is 10.3 Å². The molecule has 1 aromatic carbocycles. The second-order valence-electron chi connectivity index (χ2n) is 7.37. The second-order valence-corrected chi connectivity index (χ2v) is 9.38. The molecule has 1 heterocycles. The zero-order valence-electron chi connectivity index (χ0n) is 17.8. The SMILES string of the molecule is CCCCCC(O)C(O)C(Cc1ccccc1)NC(=O)c1coc(NS(=O)(=O)CC)n1. The van der Waals surface area contributed by atoms with E-state index in [4.69, 9.17) is 4.42 Å². The third-order valence-corrected chi connectivity index (χ3v) is 6.13. The largest absolute Gasteiger partial charge is 0.431 e. The van der Waals surface area contributed by atoms with Crippen LogP contribution in [0.2, 0.25) is 0 Å². The van der Waals surface area contributed by atoms with E-state index >= 15 is 0 Å². The molecule has 2 aromatic rings. The zero-order chi connectivity index (χ0) is 22.9. The highest BCUT2D eigenvalue weighted by atomic mass is 32.2. The average Bonchev–Trinajstić information content (AvgIpc) is 3.21. The highest BCUT2D eigenvalue weighted by Crippen LogP contribution is 2.15. The van der Waals surface area contributed by atoms with Crippen LogP contribution in [0, 0.1) is 0 Å². The summed E-state index contributed by atoms with van der Waals surface area (Å²) in [5.74, 6) is -0.815. The number of amides is 1. The molecule has 2 rings (SSSR count). The van der Waals surface area contributed by atoms with E-state index in [1.807, 2.05) is 37.3 Å². The van der Waals surface area contributed by atoms with Crippen LogP contribution in [0.25, 0.3) is 0 Å². The number of aliphatic hydroxyl groups excluding tert-OH is 2. The number of aliphatic hydroxyl groups is 2. The van der Waals surface area contributed by atoms with Crippen LogP contribution in [0.4, 0.5) is 6.01 Å². The molecule has 1 amide bonds. The quantitative estimate of drug-likeness (QED) is 0.340. The molecule has 4 N–H and O–H groups in total. The van der Waals surface area contributed by atoms with E-state index in [0.29, 0.717) is 12.8 Å². The summed E-state index contributed by atoms with van der Waals surface area (Å²) < 4.78 is 30.4. The van der Waals surface area contributed by atoms with E-state index in [1.54, 1.807) is 0 Å². The van der Waals surface area contributed by atoms with Gasteiger partial charge in [-0.15, -0.1) is 0 Å². The lowest BCUT2D eigenvalue weighted by molar-refractivity contribution is -0.00834. The number of anilines is 1. The Bertz CT molecular complexity index is 916. The third-order valence-electron chi connectivity index (χ3n) is 4.88. The first-order valence-electron chi connectivity index (χ1n) is 10.4. The van der Waals surface area contributed by atoms with Gasteiger partial charge in [0.2, 0.25) is 10.0 Å². The molecule has 10 heteroatoms. The molecule has 3 unspecified atom stereocenters. The van der Waals surface area contributed by atoms with E-state index in [2.05, 4.69) is 15.0 Å². The highest BCUT2D eigenvalue weighted by Gasteiger charge is 2.29. The first kappa shape index (κ1) is 24.8. The minimum Gasteiger partial charge on any atom is -0.431 e. The van der Waals surface area contributed by atoms with Gasteiger partial charge in [-0.1, -0.05) is 56.5 Å². The summed E-state index contributed by atoms with van der Waals surface area (Å²) in [4.78, 5) is 16.5. The molecular weight excluding hydrogens is 422 g/mol. The van der Waals surface area contributed by atoms with Crippen molar-refractivity contribution < 1.29 is 27.8 Å². The van der Waals surface area contributed by atoms with Crippen molar-refractivity contribution in [1.29, 1.82) is 0 Å². The van der Waals surface area contributed by atoms with E-state index in [0.717, 1.165) is 31.1 Å². The van der Waals surface area contributed by atoms with Crippen LogP contribution in [0.5, 0.6) is 0 Å². The predicted molar refractivity (Wildman–Crippen MR) is 117 cm³/mol. The van der Waals surface area contributed by atoms with Crippen LogP contribution < -0.4 is 10.0 Å². The van der Waals surface area contributed by atoms with Gasteiger partial charge < -0.3 is 19.9 Å². The molecular formula is C21H31N3O6S. The fourth-order valence-electron chi connectivity index (χ4n) is 3.04. The maximum absolute atomic E-state index is 12.7. The minimum absolute atomic E-state index is 0.139. The molecule has 0 aliphatic heterocycles. The van der Waals surface area contributed by atoms with Gasteiger partial charge in [0, 0.05) is 0 Å². The van der Waals surface area contributed by atoms with Crippen molar-refractivity contribution in [2.24, 2.45) is 0 Å². The van der Waals surface area contributed by atoms with E-state index < -0.39 is 34.2 Å². The Kier molecular flexibility index (Phi) is 9.47. The zero-order valence-corrected chi connectivity index (χ0v) is 18.6. The van der Waals surface area contributed by atoms with Crippen molar-refractivity contribution in [3.05, 3.63) is 47.9 Å². The van der Waals surface area contributed by atoms with Gasteiger partial charge in [0.25, 0.3) is 5.91 Å². The van der Waals surface area contributed by atoms with Crippen LogP contribution in [-0.4, -0.2) is 53.5 Å². The first-order chi connectivity index (χ1) is 14.8. The molecule has 0 radical (unpaired) electrons. The fourth-order valence-corrected chi connectivity index (χ4v) is 3.54. The number of benzene rings is 1. The summed E-state index contributed by atoms with van der Waals surface area (Å²) in [6, 6.07) is 8.20. The summed E-state index contributed by atoms with van der Waals surface area (Å²) in [7, 11) is -3.60. The van der Waals surface area contributed by atoms with Crippen LogP contribution in [0.3, 0.4) is 0 Å². The molecule has 0 spiro atoms. The average molecular weight is 454 g/mol. The van der Waals surface area contributed by atoms with Gasteiger partial charge in [0.15, 0.2) is 5.69 Å². The number of oxazole rings is 1. The lowest BCUT2D eigenvalue weighted by Crippen LogP contribution is -2.49. The molecule has 0 fully saturated rings. The Morgan fingerprint density at radius 1 is 1.16 bits per heavy atom. The minimum atomic E-state index is -3.60. The number of aromatic nitrogens is 1. The molecule has 0 aliphatic rings. The van der Waals surface area contributed by atoms with E-state index in [1.165, 1.54) is 6.92 Å². The Labute approximate surface area is 182 Å². The lowest BCUT2D eigenvalue weighted by Gasteiger charge is -2.27. The molecule has 31 heavy (non-hydrogen) atoms. The Hall–Kier alpha value is -2.43. The Balaban J connectivity index is 2.12. The van der Waals surface area contributed by atoms with Crippen LogP contribution in [0.15, 0.2) is 41.0 Å². The number of hydrogen-bond acceptors (Lipinski definition) is 7. The number of carbonyl (C=O) groups excluding carboxylic acids is 1. The van der Waals surface area contributed by atoms with Gasteiger partial charge >= 0.3 is 6.01 Å². The van der Waals surface area contributed by atoms with Crippen molar-refractivity contribution in [2.75, 3.05) is 10.5 Å².